The molecule has 0 spiro atoms. The lowest BCUT2D eigenvalue weighted by Crippen LogP contribution is -2.10. The summed E-state index contributed by atoms with van der Waals surface area (Å²) in [5.41, 5.74) is 1.58. The molecule has 0 aliphatic heterocycles. The first-order valence-electron chi connectivity index (χ1n) is 5.69. The van der Waals surface area contributed by atoms with Crippen molar-refractivity contribution in [2.24, 2.45) is 0 Å². The number of aromatic nitrogens is 2. The highest BCUT2D eigenvalue weighted by molar-refractivity contribution is 7.10. The standard InChI is InChI=1S/C12H14Cl2N2OS/c1-3-4-16-10(8(13)5-15-16)11(17)12-9(14)7(2)6-18-12/h5-6,11,17H,3-4H2,1-2H3. The molecule has 3 nitrogen and oxygen atoms in total. The number of nitrogens with zero attached hydrogens (tertiary/aromatic N) is 2. The Morgan fingerprint density at radius 1 is 1.50 bits per heavy atom. The molecule has 98 valence electrons. The Kier molecular flexibility index (Phi) is 4.33. The average Bonchev–Trinajstić information content (AvgIpc) is 2.85. The molecule has 2 heterocycles. The van der Waals surface area contributed by atoms with Gasteiger partial charge in [-0.15, -0.1) is 11.3 Å². The van der Waals surface area contributed by atoms with Gasteiger partial charge in [0.25, 0.3) is 0 Å². The Morgan fingerprint density at radius 2 is 2.22 bits per heavy atom. The van der Waals surface area contributed by atoms with Crippen LogP contribution in [0.3, 0.4) is 0 Å². The Morgan fingerprint density at radius 3 is 2.78 bits per heavy atom. The number of aliphatic hydroxyl groups is 1. The van der Waals surface area contributed by atoms with Gasteiger partial charge in [-0.05, 0) is 24.3 Å². The number of aliphatic hydroxyl groups excluding tert-OH is 1. The molecule has 0 fully saturated rings. The van der Waals surface area contributed by atoms with Gasteiger partial charge in [0.1, 0.15) is 6.10 Å². The molecule has 2 aromatic heterocycles. The predicted octanol–water partition coefficient (Wildman–Crippen LogP) is 4.05. The SMILES string of the molecule is CCCn1ncc(Cl)c1C(O)c1scc(C)c1Cl. The van der Waals surface area contributed by atoms with Crippen LogP contribution in [0.25, 0.3) is 0 Å². The molecular weight excluding hydrogens is 291 g/mol. The summed E-state index contributed by atoms with van der Waals surface area (Å²) >= 11 is 13.7. The summed E-state index contributed by atoms with van der Waals surface area (Å²) in [6, 6.07) is 0. The van der Waals surface area contributed by atoms with E-state index in [1.807, 2.05) is 19.2 Å². The van der Waals surface area contributed by atoms with Gasteiger partial charge in [0.2, 0.25) is 0 Å². The number of halogens is 2. The molecule has 0 aliphatic carbocycles. The summed E-state index contributed by atoms with van der Waals surface area (Å²) < 4.78 is 1.73. The first-order valence-corrected chi connectivity index (χ1v) is 7.32. The lowest BCUT2D eigenvalue weighted by molar-refractivity contribution is 0.211. The second kappa shape index (κ2) is 5.61. The molecule has 0 bridgehead atoms. The second-order valence-electron chi connectivity index (χ2n) is 4.10. The fourth-order valence-corrected chi connectivity index (χ4v) is 3.32. The van der Waals surface area contributed by atoms with Crippen LogP contribution in [0.4, 0.5) is 0 Å². The van der Waals surface area contributed by atoms with Crippen LogP contribution in [0.5, 0.6) is 0 Å². The maximum absolute atomic E-state index is 10.4. The zero-order valence-corrected chi connectivity index (χ0v) is 12.5. The van der Waals surface area contributed by atoms with Gasteiger partial charge in [0.05, 0.1) is 26.8 Å². The number of aryl methyl sites for hydroxylation is 2. The van der Waals surface area contributed by atoms with Crippen LogP contribution in [0.1, 0.15) is 35.6 Å². The predicted molar refractivity (Wildman–Crippen MR) is 75.7 cm³/mol. The van der Waals surface area contributed by atoms with Crippen molar-refractivity contribution in [2.45, 2.75) is 32.9 Å². The van der Waals surface area contributed by atoms with Gasteiger partial charge in [-0.25, -0.2) is 0 Å². The fourth-order valence-electron chi connectivity index (χ4n) is 1.79. The highest BCUT2D eigenvalue weighted by atomic mass is 35.5. The quantitative estimate of drug-likeness (QED) is 0.925. The van der Waals surface area contributed by atoms with Gasteiger partial charge in [0, 0.05) is 6.54 Å². The van der Waals surface area contributed by atoms with Gasteiger partial charge in [-0.1, -0.05) is 30.1 Å². The normalized spacial score (nSPS) is 12.9. The smallest absolute Gasteiger partial charge is 0.133 e. The van der Waals surface area contributed by atoms with Crippen molar-refractivity contribution >= 4 is 34.5 Å². The third-order valence-corrected chi connectivity index (χ3v) is 4.76. The monoisotopic (exact) mass is 304 g/mol. The molecule has 1 atom stereocenters. The lowest BCUT2D eigenvalue weighted by Gasteiger charge is -2.13. The van der Waals surface area contributed by atoms with Crippen molar-refractivity contribution in [3.63, 3.8) is 0 Å². The van der Waals surface area contributed by atoms with Crippen molar-refractivity contribution in [1.29, 1.82) is 0 Å². The van der Waals surface area contributed by atoms with E-state index < -0.39 is 6.10 Å². The van der Waals surface area contributed by atoms with E-state index >= 15 is 0 Å². The lowest BCUT2D eigenvalue weighted by atomic mass is 10.2. The third-order valence-electron chi connectivity index (χ3n) is 2.70. The van der Waals surface area contributed by atoms with Crippen molar-refractivity contribution in [1.82, 2.24) is 9.78 Å². The summed E-state index contributed by atoms with van der Waals surface area (Å²) in [4.78, 5) is 0.717. The van der Waals surface area contributed by atoms with E-state index in [0.29, 0.717) is 20.6 Å². The zero-order chi connectivity index (χ0) is 13.3. The van der Waals surface area contributed by atoms with Crippen LogP contribution in [-0.4, -0.2) is 14.9 Å². The molecule has 0 amide bonds. The van der Waals surface area contributed by atoms with E-state index in [9.17, 15) is 5.11 Å². The number of thiophene rings is 1. The van der Waals surface area contributed by atoms with E-state index in [0.717, 1.165) is 18.5 Å². The van der Waals surface area contributed by atoms with Gasteiger partial charge >= 0.3 is 0 Å². The van der Waals surface area contributed by atoms with Crippen molar-refractivity contribution in [3.8, 4) is 0 Å². The molecule has 0 aromatic carbocycles. The van der Waals surface area contributed by atoms with Crippen LogP contribution in [0.2, 0.25) is 10.0 Å². The van der Waals surface area contributed by atoms with Crippen LogP contribution in [0, 0.1) is 6.92 Å². The maximum atomic E-state index is 10.4. The largest absolute Gasteiger partial charge is 0.381 e. The Hall–Kier alpha value is -0.550. The minimum Gasteiger partial charge on any atom is -0.381 e. The van der Waals surface area contributed by atoms with E-state index in [1.165, 1.54) is 11.3 Å². The first kappa shape index (κ1) is 13.9. The molecule has 0 saturated heterocycles. The average molecular weight is 305 g/mol. The highest BCUT2D eigenvalue weighted by Crippen LogP contribution is 2.37. The van der Waals surface area contributed by atoms with Crippen LogP contribution in [-0.2, 0) is 6.54 Å². The number of hydrogen-bond acceptors (Lipinski definition) is 3. The fraction of sp³-hybridized carbons (Fsp3) is 0.417. The number of rotatable bonds is 4. The van der Waals surface area contributed by atoms with E-state index in [2.05, 4.69) is 5.10 Å². The third kappa shape index (κ3) is 2.43. The molecule has 2 aromatic rings. The van der Waals surface area contributed by atoms with Crippen LogP contribution in [0.15, 0.2) is 11.6 Å². The van der Waals surface area contributed by atoms with Gasteiger partial charge in [-0.3, -0.25) is 4.68 Å². The molecule has 0 aliphatic rings. The molecule has 1 N–H and O–H groups in total. The summed E-state index contributed by atoms with van der Waals surface area (Å²) in [6.45, 7) is 4.69. The summed E-state index contributed by atoms with van der Waals surface area (Å²) in [5, 5.41) is 17.6. The maximum Gasteiger partial charge on any atom is 0.133 e. The Labute approximate surface area is 120 Å². The van der Waals surface area contributed by atoms with E-state index in [-0.39, 0.29) is 0 Å². The number of hydrogen-bond donors (Lipinski definition) is 1. The van der Waals surface area contributed by atoms with E-state index in [1.54, 1.807) is 10.9 Å². The summed E-state index contributed by atoms with van der Waals surface area (Å²) in [6.07, 6.45) is 1.66. The summed E-state index contributed by atoms with van der Waals surface area (Å²) in [7, 11) is 0. The highest BCUT2D eigenvalue weighted by Gasteiger charge is 2.23. The zero-order valence-electron chi connectivity index (χ0n) is 10.2. The molecule has 6 heteroatoms. The van der Waals surface area contributed by atoms with Crippen molar-refractivity contribution in [2.75, 3.05) is 0 Å². The second-order valence-corrected chi connectivity index (χ2v) is 5.80. The Bertz CT molecular complexity index is 550. The Balaban J connectivity index is 2.42. The van der Waals surface area contributed by atoms with Gasteiger partial charge in [0.15, 0.2) is 0 Å². The van der Waals surface area contributed by atoms with Gasteiger partial charge < -0.3 is 5.11 Å². The van der Waals surface area contributed by atoms with Gasteiger partial charge in [-0.2, -0.15) is 5.10 Å². The summed E-state index contributed by atoms with van der Waals surface area (Å²) in [5.74, 6) is 0. The molecule has 2 rings (SSSR count). The molecule has 0 radical (unpaired) electrons. The van der Waals surface area contributed by atoms with Crippen molar-refractivity contribution in [3.05, 3.63) is 37.8 Å². The molecule has 1 unspecified atom stereocenters. The minimum atomic E-state index is -0.822. The topological polar surface area (TPSA) is 38.0 Å². The molecular formula is C12H14Cl2N2OS. The van der Waals surface area contributed by atoms with Crippen LogP contribution >= 0.6 is 34.5 Å². The van der Waals surface area contributed by atoms with Crippen molar-refractivity contribution < 1.29 is 5.11 Å². The first-order chi connectivity index (χ1) is 8.56. The molecule has 18 heavy (non-hydrogen) atoms. The van der Waals surface area contributed by atoms with E-state index in [4.69, 9.17) is 23.2 Å². The minimum absolute atomic E-state index is 0.470. The molecule has 0 saturated carbocycles. The van der Waals surface area contributed by atoms with Crippen LogP contribution < -0.4 is 0 Å².